The van der Waals surface area contributed by atoms with E-state index in [0.717, 1.165) is 37.6 Å². The normalized spacial score (nSPS) is 17.3. The summed E-state index contributed by atoms with van der Waals surface area (Å²) in [6, 6.07) is 10.2. The van der Waals surface area contributed by atoms with Crippen molar-refractivity contribution in [3.05, 3.63) is 52.3 Å². The topological polar surface area (TPSA) is 54.0 Å². The van der Waals surface area contributed by atoms with Crippen LogP contribution < -0.4 is 15.1 Å². The van der Waals surface area contributed by atoms with E-state index in [9.17, 15) is 9.18 Å². The van der Waals surface area contributed by atoms with Crippen molar-refractivity contribution in [3.8, 4) is 0 Å². The van der Waals surface area contributed by atoms with Gasteiger partial charge in [0.15, 0.2) is 0 Å². The summed E-state index contributed by atoms with van der Waals surface area (Å²) in [5.41, 5.74) is 3.01. The Bertz CT molecular complexity index is 863. The molecule has 0 aromatic heterocycles. The van der Waals surface area contributed by atoms with Gasteiger partial charge in [-0.25, -0.2) is 4.39 Å². The lowest BCUT2D eigenvalue weighted by atomic mass is 10.1. The molecule has 0 atom stereocenters. The van der Waals surface area contributed by atoms with E-state index in [1.165, 1.54) is 12.1 Å². The van der Waals surface area contributed by atoms with Crippen LogP contribution in [0.15, 0.2) is 40.9 Å². The van der Waals surface area contributed by atoms with Gasteiger partial charge in [-0.15, -0.1) is 0 Å². The van der Waals surface area contributed by atoms with Gasteiger partial charge in [0, 0.05) is 41.9 Å². The van der Waals surface area contributed by atoms with Gasteiger partial charge < -0.3 is 24.6 Å². The van der Waals surface area contributed by atoms with Gasteiger partial charge in [-0.3, -0.25) is 4.79 Å². The highest BCUT2D eigenvalue weighted by molar-refractivity contribution is 9.10. The summed E-state index contributed by atoms with van der Waals surface area (Å²) in [4.78, 5) is 17.3. The highest BCUT2D eigenvalue weighted by atomic mass is 79.9. The predicted octanol–water partition coefficient (Wildman–Crippen LogP) is 3.51. The minimum atomic E-state index is -0.458. The van der Waals surface area contributed by atoms with Crippen LogP contribution in [0.5, 0.6) is 0 Å². The number of rotatable bonds is 4. The van der Waals surface area contributed by atoms with Crippen molar-refractivity contribution in [3.63, 3.8) is 0 Å². The molecule has 6 nitrogen and oxygen atoms in total. The summed E-state index contributed by atoms with van der Waals surface area (Å²) in [7, 11) is 0. The quantitative estimate of drug-likeness (QED) is 0.751. The second-order valence-electron chi connectivity index (χ2n) is 7.01. The molecule has 4 rings (SSSR count). The average molecular weight is 464 g/mol. The zero-order valence-corrected chi connectivity index (χ0v) is 17.6. The molecule has 2 aromatic rings. The second-order valence-corrected chi connectivity index (χ2v) is 7.93. The van der Waals surface area contributed by atoms with Crippen LogP contribution in [0.1, 0.15) is 10.4 Å². The van der Waals surface area contributed by atoms with Crippen molar-refractivity contribution in [2.45, 2.75) is 0 Å². The molecule has 29 heavy (non-hydrogen) atoms. The van der Waals surface area contributed by atoms with E-state index in [0.29, 0.717) is 36.6 Å². The number of hydrogen-bond acceptors (Lipinski definition) is 5. The molecule has 1 N–H and O–H groups in total. The molecule has 2 heterocycles. The van der Waals surface area contributed by atoms with Crippen molar-refractivity contribution in [1.82, 2.24) is 0 Å². The third kappa shape index (κ3) is 4.88. The molecule has 2 saturated heterocycles. The van der Waals surface area contributed by atoms with Crippen LogP contribution in [0.25, 0.3) is 0 Å². The molecule has 154 valence electrons. The number of morpholine rings is 2. The zero-order chi connectivity index (χ0) is 20.2. The fraction of sp³-hybridized carbons (Fsp3) is 0.381. The van der Waals surface area contributed by atoms with E-state index in [4.69, 9.17) is 9.47 Å². The second kappa shape index (κ2) is 9.11. The van der Waals surface area contributed by atoms with Crippen LogP contribution in [-0.2, 0) is 9.47 Å². The Morgan fingerprint density at radius 3 is 2.24 bits per heavy atom. The number of benzene rings is 2. The number of amides is 1. The van der Waals surface area contributed by atoms with Gasteiger partial charge in [-0.1, -0.05) is 15.9 Å². The maximum atomic E-state index is 13.7. The molecule has 0 spiro atoms. The van der Waals surface area contributed by atoms with E-state index < -0.39 is 5.82 Å². The number of carbonyl (C=O) groups is 1. The first-order valence-corrected chi connectivity index (χ1v) is 10.5. The number of hydrogen-bond donors (Lipinski definition) is 1. The molecule has 2 fully saturated rings. The number of ether oxygens (including phenoxy) is 2. The van der Waals surface area contributed by atoms with Crippen molar-refractivity contribution in [2.75, 3.05) is 67.7 Å². The van der Waals surface area contributed by atoms with Gasteiger partial charge in [-0.2, -0.15) is 0 Å². The minimum absolute atomic E-state index is 0.266. The molecular formula is C21H23BrFN3O3. The first kappa shape index (κ1) is 20.1. The molecule has 2 aromatic carbocycles. The molecule has 8 heteroatoms. The predicted molar refractivity (Wildman–Crippen MR) is 115 cm³/mol. The fourth-order valence-corrected chi connectivity index (χ4v) is 4.05. The standard InChI is InChI=1S/C21H23BrFN3O3/c22-16-11-15(12-17(23)13-16)21(27)24-19-2-1-18(25-3-7-28-8-4-25)14-20(19)26-5-9-29-10-6-26/h1-2,11-14H,3-10H2,(H,24,27). The Labute approximate surface area is 177 Å². The van der Waals surface area contributed by atoms with Crippen molar-refractivity contribution < 1.29 is 18.7 Å². The van der Waals surface area contributed by atoms with Gasteiger partial charge in [0.2, 0.25) is 0 Å². The molecule has 0 aliphatic carbocycles. The van der Waals surface area contributed by atoms with Gasteiger partial charge in [0.1, 0.15) is 5.82 Å². The SMILES string of the molecule is O=C(Nc1ccc(N2CCOCC2)cc1N1CCOCC1)c1cc(F)cc(Br)c1. The Hall–Kier alpha value is -2.16. The number of halogens is 2. The summed E-state index contributed by atoms with van der Waals surface area (Å²) in [6.07, 6.45) is 0. The zero-order valence-electron chi connectivity index (χ0n) is 16.0. The Morgan fingerprint density at radius 1 is 0.931 bits per heavy atom. The monoisotopic (exact) mass is 463 g/mol. The minimum Gasteiger partial charge on any atom is -0.378 e. The fourth-order valence-electron chi connectivity index (χ4n) is 3.59. The summed E-state index contributed by atoms with van der Waals surface area (Å²) < 4.78 is 25.2. The Morgan fingerprint density at radius 2 is 1.59 bits per heavy atom. The Kier molecular flexibility index (Phi) is 6.32. The van der Waals surface area contributed by atoms with Crippen LogP contribution in [-0.4, -0.2) is 58.5 Å². The van der Waals surface area contributed by atoms with Crippen LogP contribution in [0.2, 0.25) is 0 Å². The molecule has 0 radical (unpaired) electrons. The van der Waals surface area contributed by atoms with Crippen LogP contribution >= 0.6 is 15.9 Å². The average Bonchev–Trinajstić information content (AvgIpc) is 2.74. The summed E-state index contributed by atoms with van der Waals surface area (Å²) in [5.74, 6) is -0.806. The summed E-state index contributed by atoms with van der Waals surface area (Å²) >= 11 is 3.24. The van der Waals surface area contributed by atoms with Crippen LogP contribution in [0.4, 0.5) is 21.5 Å². The van der Waals surface area contributed by atoms with Gasteiger partial charge in [0.25, 0.3) is 5.91 Å². The third-order valence-electron chi connectivity index (χ3n) is 5.08. The van der Waals surface area contributed by atoms with Gasteiger partial charge in [-0.05, 0) is 36.4 Å². The van der Waals surface area contributed by atoms with Crippen molar-refractivity contribution in [2.24, 2.45) is 0 Å². The molecule has 0 unspecified atom stereocenters. The maximum Gasteiger partial charge on any atom is 0.255 e. The highest BCUT2D eigenvalue weighted by Gasteiger charge is 2.20. The van der Waals surface area contributed by atoms with E-state index in [1.807, 2.05) is 12.1 Å². The third-order valence-corrected chi connectivity index (χ3v) is 5.54. The van der Waals surface area contributed by atoms with Crippen molar-refractivity contribution in [1.29, 1.82) is 0 Å². The van der Waals surface area contributed by atoms with Crippen molar-refractivity contribution >= 4 is 38.9 Å². The maximum absolute atomic E-state index is 13.7. The molecule has 2 aliphatic heterocycles. The van der Waals surface area contributed by atoms with E-state index in [1.54, 1.807) is 6.07 Å². The summed E-state index contributed by atoms with van der Waals surface area (Å²) in [6.45, 7) is 5.89. The van der Waals surface area contributed by atoms with Crippen LogP contribution in [0.3, 0.4) is 0 Å². The number of nitrogens with one attached hydrogen (secondary N) is 1. The lowest BCUT2D eigenvalue weighted by molar-refractivity contribution is 0.102. The van der Waals surface area contributed by atoms with Crippen LogP contribution in [0, 0.1) is 5.82 Å². The lowest BCUT2D eigenvalue weighted by Gasteiger charge is -2.33. The van der Waals surface area contributed by atoms with E-state index >= 15 is 0 Å². The number of anilines is 3. The van der Waals surface area contributed by atoms with Gasteiger partial charge >= 0.3 is 0 Å². The summed E-state index contributed by atoms with van der Waals surface area (Å²) in [5, 5.41) is 2.96. The molecule has 2 aliphatic rings. The van der Waals surface area contributed by atoms with E-state index in [-0.39, 0.29) is 11.5 Å². The van der Waals surface area contributed by atoms with E-state index in [2.05, 4.69) is 37.1 Å². The number of carbonyl (C=O) groups excluding carboxylic acids is 1. The Balaban J connectivity index is 1.62. The number of nitrogens with zero attached hydrogens (tertiary/aromatic N) is 2. The largest absolute Gasteiger partial charge is 0.378 e. The van der Waals surface area contributed by atoms with Gasteiger partial charge in [0.05, 0.1) is 37.8 Å². The molecular weight excluding hydrogens is 441 g/mol. The molecule has 0 bridgehead atoms. The smallest absolute Gasteiger partial charge is 0.255 e. The lowest BCUT2D eigenvalue weighted by Crippen LogP contribution is -2.38. The first-order valence-electron chi connectivity index (χ1n) is 9.67. The molecule has 0 saturated carbocycles. The first-order chi connectivity index (χ1) is 14.1. The molecule has 1 amide bonds. The highest BCUT2D eigenvalue weighted by Crippen LogP contribution is 2.32.